The largest absolute Gasteiger partial charge is 1.00 e. The zero-order valence-electron chi connectivity index (χ0n) is 43.0. The summed E-state index contributed by atoms with van der Waals surface area (Å²) in [7, 11) is -1.00. The number of nitrogens with zero attached hydrogens (tertiary/aromatic N) is 2. The number of aliphatic hydroxyl groups excluding tert-OH is 1. The van der Waals surface area contributed by atoms with E-state index in [1.54, 1.807) is 36.9 Å². The minimum Gasteiger partial charge on any atom is -0.851 e. The number of aryl methyl sites for hydroxylation is 3. The maximum absolute atomic E-state index is 10.1. The average Bonchev–Trinajstić information content (AvgIpc) is 3.42. The molecule has 0 aliphatic rings. The van der Waals surface area contributed by atoms with Gasteiger partial charge in [0.05, 0.1) is 28.3 Å². The van der Waals surface area contributed by atoms with E-state index in [2.05, 4.69) is 195 Å². The van der Waals surface area contributed by atoms with Crippen LogP contribution in [-0.2, 0) is 56.3 Å². The van der Waals surface area contributed by atoms with Crippen LogP contribution in [0.1, 0.15) is 62.6 Å². The molecule has 0 bridgehead atoms. The molecule has 1 N–H and O–H groups in total. The second-order valence-electron chi connectivity index (χ2n) is 15.8. The van der Waals surface area contributed by atoms with Crippen molar-refractivity contribution in [3.8, 4) is 17.2 Å². The van der Waals surface area contributed by atoms with E-state index in [-0.39, 0.29) is 43.8 Å². The predicted molar refractivity (Wildman–Crippen MR) is 311 cm³/mol. The normalized spacial score (nSPS) is 10.2. The second-order valence-corrected chi connectivity index (χ2v) is 27.5. The molecule has 386 valence electrons. The van der Waals surface area contributed by atoms with Gasteiger partial charge in [0.15, 0.2) is 1.05 Å². The van der Waals surface area contributed by atoms with Crippen molar-refractivity contribution in [2.75, 3.05) is 7.15 Å². The van der Waals surface area contributed by atoms with Gasteiger partial charge in [0.25, 0.3) is 0 Å². The number of hydrogen-bond acceptors (Lipinski definition) is 8. The number of rotatable bonds is 16. The molecule has 0 saturated carbocycles. The van der Waals surface area contributed by atoms with Gasteiger partial charge in [0.2, 0.25) is 0 Å². The Morgan fingerprint density at radius 1 is 0.459 bits per heavy atom. The topological polar surface area (TPSA) is 106 Å². The van der Waals surface area contributed by atoms with Gasteiger partial charge in [-0.3, -0.25) is 14.4 Å². The summed E-state index contributed by atoms with van der Waals surface area (Å²) in [6, 6.07) is 56.1. The van der Waals surface area contributed by atoms with Gasteiger partial charge in [-0.2, -0.15) is 0 Å². The second kappa shape index (κ2) is 39.6. The molecule has 0 fully saturated rings. The molecule has 0 spiro atoms. The molecule has 8 nitrogen and oxygen atoms in total. The standard InChI is InChI=1S/C21H21NO2.C15H15BrO.C15H16O2.C6H6NO.CBr4.CH3F.Na/c1-17-2-4-19(5-3-17)16-24-21-8-6-18(7-9-21)14-23-15-20-10-12-22-13-11-20;2*1-12-2-4-14(5-3-12)11-17-15-8-6-13(10-16)7-9-15;8-5-6-1-3-7-4-2-6;2-1(3,4)5;1-2;/h2-13H,14-16H2,1H3;2-9H,10-11H2,1H3;2-9,16H,10-11H2,1H3;1-4H,5H2;;1H3;/q;;;-1;;;+1/i;;;;;1D;. The molecular weight excluding hydrogens is 1270 g/mol. The monoisotopic (exact) mass is 1330 g/mol. The Balaban J connectivity index is 0.000000338. The van der Waals surface area contributed by atoms with Gasteiger partial charge in [-0.1, -0.05) is 147 Å². The fourth-order valence-corrected chi connectivity index (χ4v) is 6.22. The zero-order valence-corrected chi connectivity index (χ0v) is 51.9. The van der Waals surface area contributed by atoms with E-state index in [1.807, 2.05) is 72.8 Å². The van der Waals surface area contributed by atoms with Crippen LogP contribution in [0, 0.1) is 20.8 Å². The summed E-state index contributed by atoms with van der Waals surface area (Å²) < 4.78 is 38.1. The van der Waals surface area contributed by atoms with Crippen LogP contribution in [0.3, 0.4) is 0 Å². The summed E-state index contributed by atoms with van der Waals surface area (Å²) in [5.74, 6) is 2.60. The summed E-state index contributed by atoms with van der Waals surface area (Å²) in [6.07, 6.45) is 6.79. The van der Waals surface area contributed by atoms with Crippen molar-refractivity contribution in [1.82, 2.24) is 9.97 Å². The number of halogens is 6. The molecule has 2 aromatic heterocycles. The zero-order chi connectivity index (χ0) is 53.8. The number of pyridine rings is 2. The number of aromatic nitrogens is 2. The van der Waals surface area contributed by atoms with E-state index in [9.17, 15) is 9.50 Å². The summed E-state index contributed by atoms with van der Waals surface area (Å²) in [6.45, 7) is 9.10. The van der Waals surface area contributed by atoms with Crippen LogP contribution in [0.25, 0.3) is 0 Å². The van der Waals surface area contributed by atoms with Crippen LogP contribution in [-0.4, -0.2) is 23.3 Å². The van der Waals surface area contributed by atoms with Gasteiger partial charge in [0.1, 0.15) is 37.1 Å². The predicted octanol–water partition coefficient (Wildman–Crippen LogP) is 12.9. The third-order valence-electron chi connectivity index (χ3n) is 9.89. The third-order valence-corrected chi connectivity index (χ3v) is 10.5. The van der Waals surface area contributed by atoms with Crippen LogP contribution in [0.2, 0.25) is 0 Å². The van der Waals surface area contributed by atoms with Crippen LogP contribution in [0.4, 0.5) is 4.39 Å². The first-order chi connectivity index (χ1) is 35.7. The summed E-state index contributed by atoms with van der Waals surface area (Å²) in [5, 5.41) is 19.9. The number of aliphatic hydroxyl groups is 1. The number of alkyl halides is 6. The molecular formula is C59H61Br5FN2NaO6. The van der Waals surface area contributed by atoms with Gasteiger partial charge in [-0.05, 0) is 184 Å². The van der Waals surface area contributed by atoms with Crippen molar-refractivity contribution in [2.24, 2.45) is 0 Å². The Labute approximate surface area is 502 Å². The van der Waals surface area contributed by atoms with Gasteiger partial charge < -0.3 is 29.2 Å². The van der Waals surface area contributed by atoms with E-state index in [0.717, 1.165) is 50.4 Å². The van der Waals surface area contributed by atoms with Crippen molar-refractivity contribution < 1.29 is 64.5 Å². The number of ether oxygens (including phenoxy) is 4. The van der Waals surface area contributed by atoms with Gasteiger partial charge in [-0.15, -0.1) is 6.61 Å². The first kappa shape index (κ1) is 64.5. The Morgan fingerprint density at radius 3 is 1.00 bits per heavy atom. The summed E-state index contributed by atoms with van der Waals surface area (Å²) in [4.78, 5) is 7.75. The SMILES string of the molecule is BrC(Br)(Br)Br.Cc1ccc(COc2ccc(CBr)cc2)cc1.Cc1ccc(COc2ccc(CO)cc2)cc1.Cc1ccc(COc2ccc(COCc3ccncc3)cc2)cc1.[2H]CF.[Na+].[O-]Cc1ccncc1. The van der Waals surface area contributed by atoms with Crippen molar-refractivity contribution >= 4 is 79.6 Å². The first-order valence-corrected chi connectivity index (χ1v) is 27.0. The molecule has 0 radical (unpaired) electrons. The maximum atomic E-state index is 10.1. The van der Waals surface area contributed by atoms with Crippen molar-refractivity contribution in [2.45, 2.75) is 73.4 Å². The van der Waals surface area contributed by atoms with E-state index in [0.29, 0.717) is 33.0 Å². The van der Waals surface area contributed by atoms with Crippen LogP contribution in [0.5, 0.6) is 17.2 Å². The van der Waals surface area contributed by atoms with Gasteiger partial charge >= 0.3 is 29.6 Å². The molecule has 8 aromatic rings. The van der Waals surface area contributed by atoms with Crippen molar-refractivity contribution in [1.29, 1.82) is 0 Å². The van der Waals surface area contributed by atoms with E-state index in [1.165, 1.54) is 33.4 Å². The fourth-order valence-electron chi connectivity index (χ4n) is 5.85. The number of benzene rings is 6. The molecule has 0 unspecified atom stereocenters. The molecule has 6 aromatic carbocycles. The van der Waals surface area contributed by atoms with Gasteiger partial charge in [-0.25, -0.2) is 0 Å². The first-order valence-electron chi connectivity index (χ1n) is 23.4. The Kier molecular flexibility index (Phi) is 34.5. The average molecular weight is 1340 g/mol. The molecule has 2 heterocycles. The smallest absolute Gasteiger partial charge is 0.851 e. The third kappa shape index (κ3) is 31.3. The van der Waals surface area contributed by atoms with Crippen LogP contribution >= 0.6 is 79.6 Å². The molecule has 74 heavy (non-hydrogen) atoms. The fraction of sp³-hybridized carbons (Fsp3) is 0.220. The van der Waals surface area contributed by atoms with Crippen molar-refractivity contribution in [3.63, 3.8) is 0 Å². The molecule has 15 heteroatoms. The minimum atomic E-state index is -1.00. The molecule has 0 aliphatic carbocycles. The maximum Gasteiger partial charge on any atom is 1.00 e. The minimum absolute atomic E-state index is 0. The molecule has 0 saturated heterocycles. The summed E-state index contributed by atoms with van der Waals surface area (Å²) in [5.41, 5.74) is 12.5. The van der Waals surface area contributed by atoms with Gasteiger partial charge in [0, 0.05) is 30.1 Å². The summed E-state index contributed by atoms with van der Waals surface area (Å²) >= 11 is 15.9. The Hall–Kier alpha value is -3.77. The molecule has 8 rings (SSSR count). The van der Waals surface area contributed by atoms with Crippen LogP contribution < -0.4 is 48.9 Å². The Bertz CT molecular complexity index is 2550. The number of hydrogen-bond donors (Lipinski definition) is 1. The van der Waals surface area contributed by atoms with E-state index in [4.69, 9.17) is 25.4 Å². The van der Waals surface area contributed by atoms with E-state index < -0.39 is 7.15 Å². The van der Waals surface area contributed by atoms with Crippen molar-refractivity contribution in [3.05, 3.63) is 256 Å². The van der Waals surface area contributed by atoms with Crippen LogP contribution in [0.15, 0.2) is 195 Å². The molecule has 0 aliphatic heterocycles. The Morgan fingerprint density at radius 2 is 0.716 bits per heavy atom. The molecule has 0 atom stereocenters. The molecule has 0 amide bonds. The quantitative estimate of drug-likeness (QED) is 0.0753. The van der Waals surface area contributed by atoms with E-state index >= 15 is 0 Å².